The van der Waals surface area contributed by atoms with Crippen molar-refractivity contribution in [3.8, 4) is 0 Å². The number of fused-ring (bicyclic) bond motifs is 1. The molecule has 6 heteroatoms. The molecular weight excluding hydrogens is 386 g/mol. The highest BCUT2D eigenvalue weighted by Crippen LogP contribution is 2.27. The first kappa shape index (κ1) is 18.7. The van der Waals surface area contributed by atoms with E-state index < -0.39 is 0 Å². The summed E-state index contributed by atoms with van der Waals surface area (Å²) < 4.78 is 0. The lowest BCUT2D eigenvalue weighted by Crippen LogP contribution is -2.14. The zero-order valence-electron chi connectivity index (χ0n) is 15.2. The van der Waals surface area contributed by atoms with Crippen molar-refractivity contribution in [2.24, 2.45) is 0 Å². The molecule has 1 aromatic heterocycles. The van der Waals surface area contributed by atoms with Gasteiger partial charge in [0.25, 0.3) is 11.8 Å². The number of hydrogen-bond donors (Lipinski definition) is 2. The van der Waals surface area contributed by atoms with E-state index in [9.17, 15) is 9.59 Å². The molecule has 2 amide bonds. The SMILES string of the molecule is O=C(Nc1ccc(Cl)c(NC(=O)c2ccc3ncccc3c2)c1)c1ccccc1. The van der Waals surface area contributed by atoms with Crippen LogP contribution in [0.25, 0.3) is 10.9 Å². The van der Waals surface area contributed by atoms with Crippen LogP contribution in [0.5, 0.6) is 0 Å². The second-order valence-electron chi connectivity index (χ2n) is 6.38. The van der Waals surface area contributed by atoms with Crippen LogP contribution in [-0.2, 0) is 0 Å². The molecule has 0 saturated carbocycles. The Balaban J connectivity index is 1.54. The fourth-order valence-electron chi connectivity index (χ4n) is 2.90. The van der Waals surface area contributed by atoms with Crippen molar-refractivity contribution < 1.29 is 9.59 Å². The highest BCUT2D eigenvalue weighted by atomic mass is 35.5. The predicted octanol–water partition coefficient (Wildman–Crippen LogP) is 5.39. The highest BCUT2D eigenvalue weighted by molar-refractivity contribution is 6.34. The minimum atomic E-state index is -0.302. The van der Waals surface area contributed by atoms with Crippen molar-refractivity contribution in [2.45, 2.75) is 0 Å². The summed E-state index contributed by atoms with van der Waals surface area (Å²) in [5.41, 5.74) is 2.78. The molecular formula is C23H16ClN3O2. The summed E-state index contributed by atoms with van der Waals surface area (Å²) in [4.78, 5) is 29.3. The number of halogens is 1. The van der Waals surface area contributed by atoms with E-state index in [1.165, 1.54) is 0 Å². The highest BCUT2D eigenvalue weighted by Gasteiger charge is 2.12. The summed E-state index contributed by atoms with van der Waals surface area (Å²) >= 11 is 6.24. The van der Waals surface area contributed by atoms with Gasteiger partial charge in [-0.3, -0.25) is 14.6 Å². The van der Waals surface area contributed by atoms with Crippen molar-refractivity contribution in [1.29, 1.82) is 0 Å². The molecule has 0 unspecified atom stereocenters. The van der Waals surface area contributed by atoms with Crippen molar-refractivity contribution in [1.82, 2.24) is 4.98 Å². The van der Waals surface area contributed by atoms with Gasteiger partial charge in [-0.25, -0.2) is 0 Å². The van der Waals surface area contributed by atoms with Crippen molar-refractivity contribution >= 4 is 45.7 Å². The summed E-state index contributed by atoms with van der Waals surface area (Å²) in [6, 6.07) is 22.8. The largest absolute Gasteiger partial charge is 0.322 e. The van der Waals surface area contributed by atoms with E-state index in [-0.39, 0.29) is 11.8 Å². The standard InChI is InChI=1S/C23H16ClN3O2/c24-19-10-9-18(26-22(28)15-5-2-1-3-6-15)14-21(19)27-23(29)17-8-11-20-16(13-17)7-4-12-25-20/h1-14H,(H,26,28)(H,27,29). The van der Waals surface area contributed by atoms with Crippen LogP contribution in [0.2, 0.25) is 5.02 Å². The molecule has 29 heavy (non-hydrogen) atoms. The van der Waals surface area contributed by atoms with Crippen molar-refractivity contribution in [2.75, 3.05) is 10.6 Å². The molecule has 2 N–H and O–H groups in total. The van der Waals surface area contributed by atoms with Gasteiger partial charge in [-0.15, -0.1) is 0 Å². The lowest BCUT2D eigenvalue weighted by Gasteiger charge is -2.11. The summed E-state index contributed by atoms with van der Waals surface area (Å²) in [5.74, 6) is -0.545. The van der Waals surface area contributed by atoms with Crippen molar-refractivity contribution in [3.05, 3.63) is 101 Å². The van der Waals surface area contributed by atoms with Crippen molar-refractivity contribution in [3.63, 3.8) is 0 Å². The number of nitrogens with zero attached hydrogens (tertiary/aromatic N) is 1. The second-order valence-corrected chi connectivity index (χ2v) is 6.79. The number of carbonyl (C=O) groups excluding carboxylic acids is 2. The first-order chi connectivity index (χ1) is 14.1. The minimum absolute atomic E-state index is 0.243. The van der Waals surface area contributed by atoms with Gasteiger partial charge in [0.1, 0.15) is 0 Å². The molecule has 0 saturated heterocycles. The summed E-state index contributed by atoms with van der Waals surface area (Å²) in [5, 5.41) is 6.85. The lowest BCUT2D eigenvalue weighted by molar-refractivity contribution is 0.101. The summed E-state index contributed by atoms with van der Waals surface area (Å²) in [7, 11) is 0. The van der Waals surface area contributed by atoms with Crippen LogP contribution in [-0.4, -0.2) is 16.8 Å². The maximum absolute atomic E-state index is 12.7. The Morgan fingerprint density at radius 3 is 2.38 bits per heavy atom. The Bertz CT molecular complexity index is 1210. The van der Waals surface area contributed by atoms with E-state index in [4.69, 9.17) is 11.6 Å². The Hall–Kier alpha value is -3.70. The Morgan fingerprint density at radius 1 is 0.759 bits per heavy atom. The number of carbonyl (C=O) groups is 2. The molecule has 5 nitrogen and oxygen atoms in total. The van der Waals surface area contributed by atoms with Crippen LogP contribution in [0.4, 0.5) is 11.4 Å². The molecule has 0 spiro atoms. The number of nitrogens with one attached hydrogen (secondary N) is 2. The van der Waals surface area contributed by atoms with Gasteiger partial charge in [-0.05, 0) is 54.6 Å². The van der Waals surface area contributed by atoms with E-state index in [1.54, 1.807) is 66.9 Å². The Labute approximate surface area is 172 Å². The van der Waals surface area contributed by atoms with Gasteiger partial charge >= 0.3 is 0 Å². The third-order valence-electron chi connectivity index (χ3n) is 4.37. The number of hydrogen-bond acceptors (Lipinski definition) is 3. The topological polar surface area (TPSA) is 71.1 Å². The van der Waals surface area contributed by atoms with Gasteiger partial charge in [0.05, 0.1) is 16.2 Å². The van der Waals surface area contributed by atoms with Crippen LogP contribution >= 0.6 is 11.6 Å². The van der Waals surface area contributed by atoms with E-state index in [1.807, 2.05) is 18.2 Å². The molecule has 4 rings (SSSR count). The molecule has 0 aliphatic rings. The van der Waals surface area contributed by atoms with Gasteiger partial charge in [0.15, 0.2) is 0 Å². The molecule has 0 aliphatic carbocycles. The average molecular weight is 402 g/mol. The van der Waals surface area contributed by atoms with Gasteiger partial charge in [-0.2, -0.15) is 0 Å². The monoisotopic (exact) mass is 401 g/mol. The number of amides is 2. The first-order valence-electron chi connectivity index (χ1n) is 8.92. The van der Waals surface area contributed by atoms with Crippen LogP contribution in [0.3, 0.4) is 0 Å². The third-order valence-corrected chi connectivity index (χ3v) is 4.70. The number of benzene rings is 3. The fourth-order valence-corrected chi connectivity index (χ4v) is 3.07. The van der Waals surface area contributed by atoms with E-state index >= 15 is 0 Å². The number of rotatable bonds is 4. The van der Waals surface area contributed by atoms with Gasteiger partial charge in [-0.1, -0.05) is 35.9 Å². The average Bonchev–Trinajstić information content (AvgIpc) is 2.76. The zero-order chi connectivity index (χ0) is 20.2. The quantitative estimate of drug-likeness (QED) is 0.481. The summed E-state index contributed by atoms with van der Waals surface area (Å²) in [6.45, 7) is 0. The minimum Gasteiger partial charge on any atom is -0.322 e. The molecule has 4 aromatic rings. The van der Waals surface area contributed by atoms with Gasteiger partial charge in [0.2, 0.25) is 0 Å². The molecule has 0 aliphatic heterocycles. The molecule has 3 aromatic carbocycles. The lowest BCUT2D eigenvalue weighted by atomic mass is 10.1. The predicted molar refractivity (Wildman–Crippen MR) is 116 cm³/mol. The van der Waals surface area contributed by atoms with Gasteiger partial charge < -0.3 is 10.6 Å². The smallest absolute Gasteiger partial charge is 0.255 e. The Kier molecular flexibility index (Phi) is 5.22. The molecule has 1 heterocycles. The van der Waals surface area contributed by atoms with Crippen LogP contribution in [0.1, 0.15) is 20.7 Å². The molecule has 0 fully saturated rings. The number of pyridine rings is 1. The summed E-state index contributed by atoms with van der Waals surface area (Å²) in [6.07, 6.45) is 1.71. The normalized spacial score (nSPS) is 10.5. The van der Waals surface area contributed by atoms with E-state index in [0.29, 0.717) is 27.5 Å². The molecule has 0 bridgehead atoms. The molecule has 0 atom stereocenters. The van der Waals surface area contributed by atoms with E-state index in [0.717, 1.165) is 10.9 Å². The Morgan fingerprint density at radius 2 is 1.55 bits per heavy atom. The van der Waals surface area contributed by atoms with Gasteiger partial charge in [0, 0.05) is 28.4 Å². The zero-order valence-corrected chi connectivity index (χ0v) is 16.0. The van der Waals surface area contributed by atoms with E-state index in [2.05, 4.69) is 15.6 Å². The molecule has 0 radical (unpaired) electrons. The van der Waals surface area contributed by atoms with Crippen LogP contribution in [0.15, 0.2) is 85.1 Å². The molecule has 142 valence electrons. The first-order valence-corrected chi connectivity index (χ1v) is 9.30. The maximum atomic E-state index is 12.7. The number of aromatic nitrogens is 1. The van der Waals surface area contributed by atoms with Crippen LogP contribution < -0.4 is 10.6 Å². The maximum Gasteiger partial charge on any atom is 0.255 e. The fraction of sp³-hybridized carbons (Fsp3) is 0. The second kappa shape index (κ2) is 8.12. The number of anilines is 2. The van der Waals surface area contributed by atoms with Crippen LogP contribution in [0, 0.1) is 0 Å². The third kappa shape index (κ3) is 4.25.